The number of hydrogen-bond acceptors (Lipinski definition) is 5. The Kier molecular flexibility index (Phi) is 3.18. The van der Waals surface area contributed by atoms with Crippen molar-refractivity contribution in [3.05, 3.63) is 58.3 Å². The summed E-state index contributed by atoms with van der Waals surface area (Å²) in [6.07, 6.45) is 1.57. The molecule has 1 aromatic carbocycles. The van der Waals surface area contributed by atoms with Crippen LogP contribution in [0.4, 0.5) is 0 Å². The second-order valence-corrected chi connectivity index (χ2v) is 4.48. The molecule has 2 heterocycles. The standard InChI is InChI=1S/C15H11N5O/c16-7-13-10(2-1-5-18-13)9-3-4-11-12(6-9)14(8-17)19-20-15(11)21/h1-6H,8,17H2,(H,20,21). The van der Waals surface area contributed by atoms with Gasteiger partial charge in [0.25, 0.3) is 5.56 Å². The Bertz CT molecular complexity index is 923. The van der Waals surface area contributed by atoms with Crippen LogP contribution < -0.4 is 11.3 Å². The third kappa shape index (κ3) is 2.16. The number of aromatic amines is 1. The van der Waals surface area contributed by atoms with Gasteiger partial charge in [-0.2, -0.15) is 10.4 Å². The molecule has 0 fully saturated rings. The number of pyridine rings is 1. The maximum absolute atomic E-state index is 11.8. The van der Waals surface area contributed by atoms with Crippen LogP contribution in [0.15, 0.2) is 41.3 Å². The first-order chi connectivity index (χ1) is 10.2. The summed E-state index contributed by atoms with van der Waals surface area (Å²) in [6.45, 7) is 0.217. The number of rotatable bonds is 2. The molecule has 0 aliphatic carbocycles. The molecule has 6 heteroatoms. The van der Waals surface area contributed by atoms with Crippen molar-refractivity contribution < 1.29 is 0 Å². The fourth-order valence-electron chi connectivity index (χ4n) is 2.27. The minimum Gasteiger partial charge on any atom is -0.325 e. The zero-order chi connectivity index (χ0) is 14.8. The van der Waals surface area contributed by atoms with Crippen LogP contribution in [0, 0.1) is 11.3 Å². The average Bonchev–Trinajstić information content (AvgIpc) is 2.55. The van der Waals surface area contributed by atoms with Crippen molar-refractivity contribution in [3.8, 4) is 17.2 Å². The average molecular weight is 277 g/mol. The number of H-pyrrole nitrogens is 1. The van der Waals surface area contributed by atoms with Crippen molar-refractivity contribution in [2.75, 3.05) is 0 Å². The lowest BCUT2D eigenvalue weighted by Crippen LogP contribution is -2.13. The Hall–Kier alpha value is -3.04. The first kappa shape index (κ1) is 13.0. The third-order valence-corrected chi connectivity index (χ3v) is 3.29. The number of nitrogens with zero attached hydrogens (tertiary/aromatic N) is 3. The van der Waals surface area contributed by atoms with Crippen molar-refractivity contribution in [2.24, 2.45) is 5.73 Å². The Morgan fingerprint density at radius 1 is 1.29 bits per heavy atom. The van der Waals surface area contributed by atoms with E-state index in [1.807, 2.05) is 12.1 Å². The van der Waals surface area contributed by atoms with Gasteiger partial charge in [-0.3, -0.25) is 4.79 Å². The van der Waals surface area contributed by atoms with E-state index in [2.05, 4.69) is 21.3 Å². The van der Waals surface area contributed by atoms with Crippen LogP contribution in [0.25, 0.3) is 21.9 Å². The Morgan fingerprint density at radius 2 is 2.14 bits per heavy atom. The normalized spacial score (nSPS) is 10.5. The molecule has 0 spiro atoms. The second kappa shape index (κ2) is 5.15. The van der Waals surface area contributed by atoms with Crippen molar-refractivity contribution in [1.29, 1.82) is 5.26 Å². The summed E-state index contributed by atoms with van der Waals surface area (Å²) in [6, 6.07) is 11.0. The summed E-state index contributed by atoms with van der Waals surface area (Å²) >= 11 is 0. The highest BCUT2D eigenvalue weighted by Gasteiger charge is 2.10. The van der Waals surface area contributed by atoms with Crippen LogP contribution in [-0.2, 0) is 6.54 Å². The third-order valence-electron chi connectivity index (χ3n) is 3.29. The lowest BCUT2D eigenvalue weighted by atomic mass is 10.0. The molecule has 21 heavy (non-hydrogen) atoms. The van der Waals surface area contributed by atoms with Gasteiger partial charge in [0.15, 0.2) is 0 Å². The Labute approximate surface area is 119 Å². The van der Waals surface area contributed by atoms with Crippen LogP contribution in [-0.4, -0.2) is 15.2 Å². The minimum absolute atomic E-state index is 0.217. The molecule has 0 radical (unpaired) electrons. The van der Waals surface area contributed by atoms with E-state index in [4.69, 9.17) is 11.0 Å². The van der Waals surface area contributed by atoms with E-state index >= 15 is 0 Å². The fraction of sp³-hybridized carbons (Fsp3) is 0.0667. The molecule has 0 bridgehead atoms. The summed E-state index contributed by atoms with van der Waals surface area (Å²) in [5.41, 5.74) is 7.85. The molecular formula is C15H11N5O. The SMILES string of the molecule is N#Cc1ncccc1-c1ccc2c(=O)[nH]nc(CN)c2c1. The zero-order valence-corrected chi connectivity index (χ0v) is 11.0. The van der Waals surface area contributed by atoms with Gasteiger partial charge in [-0.25, -0.2) is 10.1 Å². The maximum Gasteiger partial charge on any atom is 0.272 e. The summed E-state index contributed by atoms with van der Waals surface area (Å²) in [7, 11) is 0. The summed E-state index contributed by atoms with van der Waals surface area (Å²) < 4.78 is 0. The molecule has 0 saturated carbocycles. The number of fused-ring (bicyclic) bond motifs is 1. The number of aromatic nitrogens is 3. The Morgan fingerprint density at radius 3 is 2.90 bits per heavy atom. The Balaban J connectivity index is 2.31. The van der Waals surface area contributed by atoms with Gasteiger partial charge in [0, 0.05) is 23.7 Å². The van der Waals surface area contributed by atoms with Gasteiger partial charge in [0.2, 0.25) is 0 Å². The molecule has 0 unspecified atom stereocenters. The number of nitrogens with two attached hydrogens (primary N) is 1. The molecule has 0 saturated heterocycles. The summed E-state index contributed by atoms with van der Waals surface area (Å²) in [4.78, 5) is 15.8. The molecule has 0 aliphatic rings. The quantitative estimate of drug-likeness (QED) is 0.734. The van der Waals surface area contributed by atoms with Crippen LogP contribution in [0.2, 0.25) is 0 Å². The van der Waals surface area contributed by atoms with Crippen LogP contribution in [0.5, 0.6) is 0 Å². The van der Waals surface area contributed by atoms with Gasteiger partial charge in [0.1, 0.15) is 11.8 Å². The molecule has 6 nitrogen and oxygen atoms in total. The number of benzene rings is 1. The highest BCUT2D eigenvalue weighted by molar-refractivity contribution is 5.88. The van der Waals surface area contributed by atoms with Gasteiger partial charge in [-0.05, 0) is 29.8 Å². The van der Waals surface area contributed by atoms with E-state index in [0.29, 0.717) is 27.7 Å². The first-order valence-corrected chi connectivity index (χ1v) is 6.31. The molecule has 3 N–H and O–H groups in total. The van der Waals surface area contributed by atoms with Gasteiger partial charge in [0.05, 0.1) is 11.1 Å². The first-order valence-electron chi connectivity index (χ1n) is 6.31. The monoisotopic (exact) mass is 277 g/mol. The second-order valence-electron chi connectivity index (χ2n) is 4.48. The van der Waals surface area contributed by atoms with Crippen LogP contribution in [0.3, 0.4) is 0 Å². The van der Waals surface area contributed by atoms with Gasteiger partial charge >= 0.3 is 0 Å². The topological polar surface area (TPSA) is 108 Å². The molecule has 0 amide bonds. The van der Waals surface area contributed by atoms with E-state index in [9.17, 15) is 4.79 Å². The van der Waals surface area contributed by atoms with Crippen LogP contribution in [0.1, 0.15) is 11.4 Å². The number of nitriles is 1. The van der Waals surface area contributed by atoms with E-state index in [-0.39, 0.29) is 12.1 Å². The molecule has 0 aliphatic heterocycles. The molecule has 0 atom stereocenters. The smallest absolute Gasteiger partial charge is 0.272 e. The van der Waals surface area contributed by atoms with Gasteiger partial charge in [-0.15, -0.1) is 0 Å². The summed E-state index contributed by atoms with van der Waals surface area (Å²) in [5.74, 6) is 0. The molecule has 3 rings (SSSR count). The molecule has 2 aromatic heterocycles. The predicted molar refractivity (Wildman–Crippen MR) is 78.2 cm³/mol. The minimum atomic E-state index is -0.263. The van der Waals surface area contributed by atoms with Gasteiger partial charge in [-0.1, -0.05) is 6.07 Å². The van der Waals surface area contributed by atoms with Gasteiger partial charge < -0.3 is 5.73 Å². The number of nitrogens with one attached hydrogen (secondary N) is 1. The lowest BCUT2D eigenvalue weighted by molar-refractivity contribution is 0.900. The van der Waals surface area contributed by atoms with E-state index in [1.165, 1.54) is 0 Å². The predicted octanol–water partition coefficient (Wildman–Crippen LogP) is 1.32. The van der Waals surface area contributed by atoms with Crippen LogP contribution >= 0.6 is 0 Å². The van der Waals surface area contributed by atoms with E-state index in [0.717, 1.165) is 5.56 Å². The van der Waals surface area contributed by atoms with E-state index in [1.54, 1.807) is 24.4 Å². The maximum atomic E-state index is 11.8. The van der Waals surface area contributed by atoms with Crippen molar-refractivity contribution in [1.82, 2.24) is 15.2 Å². The highest BCUT2D eigenvalue weighted by atomic mass is 16.1. The zero-order valence-electron chi connectivity index (χ0n) is 11.0. The highest BCUT2D eigenvalue weighted by Crippen LogP contribution is 2.25. The number of hydrogen-bond donors (Lipinski definition) is 2. The molecule has 102 valence electrons. The largest absolute Gasteiger partial charge is 0.325 e. The molecular weight excluding hydrogens is 266 g/mol. The lowest BCUT2D eigenvalue weighted by Gasteiger charge is -2.07. The van der Waals surface area contributed by atoms with E-state index < -0.39 is 0 Å². The van der Waals surface area contributed by atoms with Crippen molar-refractivity contribution >= 4 is 10.8 Å². The fourth-order valence-corrected chi connectivity index (χ4v) is 2.27. The van der Waals surface area contributed by atoms with Crippen molar-refractivity contribution in [2.45, 2.75) is 6.54 Å². The summed E-state index contributed by atoms with van der Waals surface area (Å²) in [5, 5.41) is 16.7. The molecule has 3 aromatic rings. The van der Waals surface area contributed by atoms with Crippen molar-refractivity contribution in [3.63, 3.8) is 0 Å².